The maximum absolute atomic E-state index is 13.7. The summed E-state index contributed by atoms with van der Waals surface area (Å²) in [5.74, 6) is 0.249. The number of ether oxygens (including phenoxy) is 1. The molecule has 0 radical (unpaired) electrons. The minimum atomic E-state index is -4.04. The predicted molar refractivity (Wildman–Crippen MR) is 132 cm³/mol. The molecule has 0 aromatic heterocycles. The number of aryl methyl sites for hydroxylation is 1. The van der Waals surface area contributed by atoms with Crippen molar-refractivity contribution in [1.82, 2.24) is 10.1 Å². The van der Waals surface area contributed by atoms with E-state index in [-0.39, 0.29) is 16.5 Å². The Morgan fingerprint density at radius 1 is 1.12 bits per heavy atom. The van der Waals surface area contributed by atoms with Gasteiger partial charge in [-0.2, -0.15) is 9.82 Å². The van der Waals surface area contributed by atoms with E-state index in [1.54, 1.807) is 25.3 Å². The molecular weight excluding hydrogens is 500 g/mol. The molecule has 34 heavy (non-hydrogen) atoms. The van der Waals surface area contributed by atoms with Gasteiger partial charge in [0.05, 0.1) is 29.8 Å². The molecule has 178 valence electrons. The number of nitrogens with zero attached hydrogens (tertiary/aromatic N) is 1. The summed E-state index contributed by atoms with van der Waals surface area (Å²) in [4.78, 5) is -0.0558. The number of sulfonamides is 1. The zero-order valence-corrected chi connectivity index (χ0v) is 20.7. The molecule has 0 amide bonds. The number of halogens is 3. The average molecular weight is 522 g/mol. The Hall–Kier alpha value is -2.65. The molecule has 2 unspecified atom stereocenters. The number of hydrogen-bond acceptors (Lipinski definition) is 5. The molecule has 1 aliphatic heterocycles. The van der Waals surface area contributed by atoms with E-state index >= 15 is 0 Å². The maximum Gasteiger partial charge on any atom is 0.241 e. The van der Waals surface area contributed by atoms with Crippen LogP contribution in [0.15, 0.2) is 70.7 Å². The average Bonchev–Trinajstić information content (AvgIpc) is 3.30. The second-order valence-corrected chi connectivity index (χ2v) is 10.5. The van der Waals surface area contributed by atoms with Crippen LogP contribution in [0.1, 0.15) is 35.2 Å². The third-order valence-corrected chi connectivity index (χ3v) is 7.60. The highest BCUT2D eigenvalue weighted by molar-refractivity contribution is 7.89. The van der Waals surface area contributed by atoms with Crippen LogP contribution >= 0.6 is 23.2 Å². The molecule has 0 bridgehead atoms. The molecule has 10 heteroatoms. The van der Waals surface area contributed by atoms with Crippen LogP contribution in [0.2, 0.25) is 10.0 Å². The SMILES string of the molecule is COc1ccc(C2CC(C(NS(=O)(=O)c3ccc(F)c(C)c3)c3ccc(Cl)cc3Cl)=NN2)cc1. The van der Waals surface area contributed by atoms with E-state index in [0.29, 0.717) is 27.7 Å². The second-order valence-electron chi connectivity index (χ2n) is 7.89. The van der Waals surface area contributed by atoms with Crippen LogP contribution in [0.4, 0.5) is 4.39 Å². The van der Waals surface area contributed by atoms with E-state index in [1.807, 2.05) is 24.3 Å². The van der Waals surface area contributed by atoms with Crippen LogP contribution in [-0.4, -0.2) is 21.2 Å². The van der Waals surface area contributed by atoms with Crippen LogP contribution in [0.25, 0.3) is 0 Å². The van der Waals surface area contributed by atoms with Crippen molar-refractivity contribution >= 4 is 38.9 Å². The summed E-state index contributed by atoms with van der Waals surface area (Å²) < 4.78 is 48.1. The zero-order valence-electron chi connectivity index (χ0n) is 18.3. The zero-order chi connectivity index (χ0) is 24.5. The van der Waals surface area contributed by atoms with E-state index in [0.717, 1.165) is 17.4 Å². The minimum absolute atomic E-state index is 0.0558. The van der Waals surface area contributed by atoms with Crippen molar-refractivity contribution in [2.45, 2.75) is 30.3 Å². The van der Waals surface area contributed by atoms with Crippen molar-refractivity contribution in [3.05, 3.63) is 93.2 Å². The predicted octanol–water partition coefficient (Wildman–Crippen LogP) is 5.56. The fourth-order valence-electron chi connectivity index (χ4n) is 3.73. The summed E-state index contributed by atoms with van der Waals surface area (Å²) >= 11 is 12.5. The number of hydrazone groups is 1. The topological polar surface area (TPSA) is 79.8 Å². The minimum Gasteiger partial charge on any atom is -0.497 e. The number of rotatable bonds is 7. The molecular formula is C24H22Cl2FN3O3S. The van der Waals surface area contributed by atoms with Gasteiger partial charge >= 0.3 is 0 Å². The van der Waals surface area contributed by atoms with Gasteiger partial charge in [0.25, 0.3) is 0 Å². The van der Waals surface area contributed by atoms with E-state index in [1.165, 1.54) is 19.1 Å². The third kappa shape index (κ3) is 5.20. The Bertz CT molecular complexity index is 1350. The first-order chi connectivity index (χ1) is 16.2. The Morgan fingerprint density at radius 2 is 1.85 bits per heavy atom. The van der Waals surface area contributed by atoms with Crippen molar-refractivity contribution in [2.75, 3.05) is 7.11 Å². The first kappa shape index (κ1) is 24.5. The van der Waals surface area contributed by atoms with Crippen molar-refractivity contribution in [1.29, 1.82) is 0 Å². The first-order valence-electron chi connectivity index (χ1n) is 10.4. The van der Waals surface area contributed by atoms with Crippen molar-refractivity contribution in [3.63, 3.8) is 0 Å². The Labute approximate surface area is 207 Å². The molecule has 0 saturated carbocycles. The molecule has 6 nitrogen and oxygen atoms in total. The number of nitrogens with one attached hydrogen (secondary N) is 2. The number of benzene rings is 3. The van der Waals surface area contributed by atoms with E-state index in [4.69, 9.17) is 27.9 Å². The van der Waals surface area contributed by atoms with Gasteiger partial charge in [-0.15, -0.1) is 0 Å². The van der Waals surface area contributed by atoms with Crippen molar-refractivity contribution in [2.24, 2.45) is 5.10 Å². The molecule has 0 saturated heterocycles. The molecule has 0 spiro atoms. The molecule has 1 heterocycles. The second kappa shape index (κ2) is 9.92. The lowest BCUT2D eigenvalue weighted by atomic mass is 9.96. The standard InChI is InChI=1S/C24H22Cl2FN3O3S/c1-14-11-18(8-10-21(14)27)34(31,32)30-24(19-9-5-16(25)12-20(19)26)23-13-22(28-29-23)15-3-6-17(33-2)7-4-15/h3-12,22,24,28,30H,13H2,1-2H3. The molecule has 2 atom stereocenters. The van der Waals surface area contributed by atoms with Gasteiger partial charge in [-0.1, -0.05) is 41.4 Å². The maximum atomic E-state index is 13.7. The highest BCUT2D eigenvalue weighted by atomic mass is 35.5. The summed E-state index contributed by atoms with van der Waals surface area (Å²) in [7, 11) is -2.44. The number of methoxy groups -OCH3 is 1. The van der Waals surface area contributed by atoms with Crippen molar-refractivity contribution in [3.8, 4) is 5.75 Å². The van der Waals surface area contributed by atoms with Crippen LogP contribution in [0.5, 0.6) is 5.75 Å². The third-order valence-electron chi connectivity index (χ3n) is 5.61. The summed E-state index contributed by atoms with van der Waals surface area (Å²) in [5, 5.41) is 5.16. The Kier molecular flexibility index (Phi) is 7.14. The van der Waals surface area contributed by atoms with E-state index in [2.05, 4.69) is 15.2 Å². The Morgan fingerprint density at radius 3 is 2.50 bits per heavy atom. The summed E-state index contributed by atoms with van der Waals surface area (Å²) in [6.07, 6.45) is 0.431. The van der Waals surface area contributed by atoms with E-state index in [9.17, 15) is 12.8 Å². The van der Waals surface area contributed by atoms with Gasteiger partial charge in [-0.3, -0.25) is 0 Å². The van der Waals surface area contributed by atoms with Crippen LogP contribution in [-0.2, 0) is 10.0 Å². The van der Waals surface area contributed by atoms with Gasteiger partial charge in [-0.25, -0.2) is 12.8 Å². The van der Waals surface area contributed by atoms with E-state index < -0.39 is 21.9 Å². The lowest BCUT2D eigenvalue weighted by Gasteiger charge is -2.21. The molecule has 2 N–H and O–H groups in total. The van der Waals surface area contributed by atoms with Crippen LogP contribution in [0.3, 0.4) is 0 Å². The molecule has 4 rings (SSSR count). The highest BCUT2D eigenvalue weighted by Crippen LogP contribution is 2.34. The summed E-state index contributed by atoms with van der Waals surface area (Å²) in [5.41, 5.74) is 5.33. The van der Waals surface area contributed by atoms with Crippen molar-refractivity contribution < 1.29 is 17.5 Å². The molecule has 0 aliphatic carbocycles. The lowest BCUT2D eigenvalue weighted by Crippen LogP contribution is -2.34. The lowest BCUT2D eigenvalue weighted by molar-refractivity contribution is 0.414. The normalized spacial score (nSPS) is 16.6. The van der Waals surface area contributed by atoms with Crippen LogP contribution < -0.4 is 14.9 Å². The van der Waals surface area contributed by atoms with Gasteiger partial charge in [0.15, 0.2) is 0 Å². The molecule has 3 aromatic carbocycles. The largest absolute Gasteiger partial charge is 0.497 e. The quantitative estimate of drug-likeness (QED) is 0.426. The van der Waals surface area contributed by atoms with Gasteiger partial charge in [0.2, 0.25) is 10.0 Å². The Balaban J connectivity index is 1.67. The summed E-state index contributed by atoms with van der Waals surface area (Å²) in [6.45, 7) is 1.51. The first-order valence-corrected chi connectivity index (χ1v) is 12.6. The number of hydrogen-bond donors (Lipinski definition) is 2. The summed E-state index contributed by atoms with van der Waals surface area (Å²) in [6, 6.07) is 15.0. The van der Waals surface area contributed by atoms with Crippen LogP contribution in [0, 0.1) is 12.7 Å². The fraction of sp³-hybridized carbons (Fsp3) is 0.208. The van der Waals surface area contributed by atoms with Gasteiger partial charge < -0.3 is 10.2 Å². The smallest absolute Gasteiger partial charge is 0.241 e. The van der Waals surface area contributed by atoms with Gasteiger partial charge in [0.1, 0.15) is 11.6 Å². The fourth-order valence-corrected chi connectivity index (χ4v) is 5.53. The van der Waals surface area contributed by atoms with Gasteiger partial charge in [0, 0.05) is 16.5 Å². The molecule has 3 aromatic rings. The highest BCUT2D eigenvalue weighted by Gasteiger charge is 2.32. The van der Waals surface area contributed by atoms with Gasteiger partial charge in [-0.05, 0) is 66.1 Å². The molecule has 0 fully saturated rings. The molecule has 1 aliphatic rings. The monoisotopic (exact) mass is 521 g/mol.